The van der Waals surface area contributed by atoms with Crippen molar-refractivity contribution >= 4 is 17.8 Å². The smallest absolute Gasteiger partial charge is 0.319 e. The normalized spacial score (nSPS) is 11.3. The predicted octanol–water partition coefficient (Wildman–Crippen LogP) is 2.05. The van der Waals surface area contributed by atoms with E-state index in [0.29, 0.717) is 12.4 Å². The van der Waals surface area contributed by atoms with E-state index in [0.717, 1.165) is 12.1 Å². The molecule has 0 saturated heterocycles. The second-order valence-electron chi connectivity index (χ2n) is 6.94. The Morgan fingerprint density at radius 2 is 1.91 bits per heavy atom. The van der Waals surface area contributed by atoms with Crippen LogP contribution in [-0.2, 0) is 17.3 Å². The lowest BCUT2D eigenvalue weighted by Crippen LogP contribution is -2.43. The Kier molecular flexibility index (Phi) is 6.18. The molecule has 1 aromatic rings. The fourth-order valence-electron chi connectivity index (χ4n) is 2.10. The summed E-state index contributed by atoms with van der Waals surface area (Å²) in [6, 6.07) is 1.71. The van der Waals surface area contributed by atoms with Gasteiger partial charge in [-0.25, -0.2) is 4.79 Å². The van der Waals surface area contributed by atoms with E-state index in [1.165, 1.54) is 9.80 Å². The molecule has 0 radical (unpaired) electrons. The maximum Gasteiger partial charge on any atom is 0.319 e. The van der Waals surface area contributed by atoms with Crippen LogP contribution in [-0.4, -0.2) is 58.7 Å². The van der Waals surface area contributed by atoms with E-state index in [1.54, 1.807) is 25.8 Å². The molecule has 0 spiro atoms. The topological polar surface area (TPSA) is 70.5 Å². The number of hydrogen-bond acceptors (Lipinski definition) is 3. The summed E-state index contributed by atoms with van der Waals surface area (Å²) in [6.45, 7) is 8.76. The molecule has 7 nitrogen and oxygen atoms in total. The predicted molar refractivity (Wildman–Crippen MR) is 91.5 cm³/mol. The van der Waals surface area contributed by atoms with Crippen LogP contribution >= 0.6 is 0 Å². The Morgan fingerprint density at radius 1 is 1.30 bits per heavy atom. The van der Waals surface area contributed by atoms with Gasteiger partial charge in [0.25, 0.3) is 0 Å². The highest BCUT2D eigenvalue weighted by atomic mass is 16.2. The first kappa shape index (κ1) is 19.0. The number of aryl methyl sites for hydroxylation is 1. The van der Waals surface area contributed by atoms with Gasteiger partial charge in [-0.2, -0.15) is 5.10 Å². The number of carbonyl (C=O) groups is 2. The molecule has 0 fully saturated rings. The third-order valence-corrected chi connectivity index (χ3v) is 3.40. The molecule has 0 unspecified atom stereocenters. The van der Waals surface area contributed by atoms with Crippen molar-refractivity contribution in [3.63, 3.8) is 0 Å². The summed E-state index contributed by atoms with van der Waals surface area (Å²) in [7, 11) is 5.15. The minimum atomic E-state index is -0.225. The van der Waals surface area contributed by atoms with E-state index in [9.17, 15) is 9.59 Å². The molecule has 0 aliphatic rings. The first-order chi connectivity index (χ1) is 10.6. The molecular weight excluding hydrogens is 294 g/mol. The number of urea groups is 1. The second kappa shape index (κ2) is 7.48. The SMILES string of the molecule is CCCN(CC(=O)Nc1cc(C(C)(C)C)nn1C)C(=O)N(C)C. The summed E-state index contributed by atoms with van der Waals surface area (Å²) >= 11 is 0. The third kappa shape index (κ3) is 5.26. The molecule has 130 valence electrons. The lowest BCUT2D eigenvalue weighted by Gasteiger charge is -2.25. The quantitative estimate of drug-likeness (QED) is 0.901. The van der Waals surface area contributed by atoms with Crippen molar-refractivity contribution in [2.24, 2.45) is 7.05 Å². The van der Waals surface area contributed by atoms with Gasteiger partial charge in [0.1, 0.15) is 12.4 Å². The summed E-state index contributed by atoms with van der Waals surface area (Å²) in [4.78, 5) is 27.4. The maximum absolute atomic E-state index is 12.3. The summed E-state index contributed by atoms with van der Waals surface area (Å²) < 4.78 is 1.65. The van der Waals surface area contributed by atoms with Gasteiger partial charge in [-0.05, 0) is 6.42 Å². The molecule has 0 aliphatic carbocycles. The Bertz CT molecular complexity index is 557. The van der Waals surface area contributed by atoms with Crippen molar-refractivity contribution in [3.05, 3.63) is 11.8 Å². The van der Waals surface area contributed by atoms with Gasteiger partial charge in [0.15, 0.2) is 0 Å². The Hall–Kier alpha value is -2.05. The maximum atomic E-state index is 12.3. The van der Waals surface area contributed by atoms with E-state index >= 15 is 0 Å². The molecule has 1 N–H and O–H groups in total. The van der Waals surface area contributed by atoms with Crippen LogP contribution in [0.4, 0.5) is 10.6 Å². The molecule has 1 rings (SSSR count). The van der Waals surface area contributed by atoms with E-state index in [4.69, 9.17) is 0 Å². The Labute approximate surface area is 138 Å². The van der Waals surface area contributed by atoms with E-state index < -0.39 is 0 Å². The standard InChI is InChI=1S/C16H29N5O2/c1-8-9-21(15(23)19(5)6)11-14(22)17-13-10-12(16(2,3)4)18-20(13)7/h10H,8-9,11H2,1-7H3,(H,17,22). The van der Waals surface area contributed by atoms with Crippen LogP contribution in [0.2, 0.25) is 0 Å². The van der Waals surface area contributed by atoms with Crippen LogP contribution < -0.4 is 5.32 Å². The van der Waals surface area contributed by atoms with Crippen molar-refractivity contribution in [3.8, 4) is 0 Å². The van der Waals surface area contributed by atoms with Gasteiger partial charge in [0.2, 0.25) is 5.91 Å². The zero-order chi connectivity index (χ0) is 17.8. The molecule has 0 aromatic carbocycles. The van der Waals surface area contributed by atoms with Gasteiger partial charge in [-0.1, -0.05) is 27.7 Å². The van der Waals surface area contributed by atoms with Crippen LogP contribution in [0.5, 0.6) is 0 Å². The van der Waals surface area contributed by atoms with Crippen LogP contribution in [0.3, 0.4) is 0 Å². The first-order valence-corrected chi connectivity index (χ1v) is 7.86. The van der Waals surface area contributed by atoms with E-state index in [-0.39, 0.29) is 23.9 Å². The Morgan fingerprint density at radius 3 is 2.35 bits per heavy atom. The highest BCUT2D eigenvalue weighted by Crippen LogP contribution is 2.23. The second-order valence-corrected chi connectivity index (χ2v) is 6.94. The van der Waals surface area contributed by atoms with Crippen molar-refractivity contribution in [1.82, 2.24) is 19.6 Å². The number of nitrogens with one attached hydrogen (secondary N) is 1. The minimum absolute atomic E-state index is 0.0287. The molecule has 7 heteroatoms. The fraction of sp³-hybridized carbons (Fsp3) is 0.688. The van der Waals surface area contributed by atoms with E-state index in [1.807, 2.05) is 13.0 Å². The highest BCUT2D eigenvalue weighted by molar-refractivity contribution is 5.93. The third-order valence-electron chi connectivity index (χ3n) is 3.40. The summed E-state index contributed by atoms with van der Waals surface area (Å²) in [5.41, 5.74) is 0.820. The molecule has 3 amide bonds. The first-order valence-electron chi connectivity index (χ1n) is 7.86. The van der Waals surface area contributed by atoms with Crippen molar-refractivity contribution in [2.75, 3.05) is 32.5 Å². The largest absolute Gasteiger partial charge is 0.331 e. The van der Waals surface area contributed by atoms with Gasteiger partial charge in [-0.3, -0.25) is 9.48 Å². The molecule has 0 saturated carbocycles. The molecule has 1 aromatic heterocycles. The van der Waals surface area contributed by atoms with Gasteiger partial charge >= 0.3 is 6.03 Å². The average Bonchev–Trinajstić information content (AvgIpc) is 2.78. The number of amides is 3. The Balaban J connectivity index is 2.79. The zero-order valence-corrected chi connectivity index (χ0v) is 15.3. The summed E-state index contributed by atoms with van der Waals surface area (Å²) in [6.07, 6.45) is 0.798. The summed E-state index contributed by atoms with van der Waals surface area (Å²) in [5, 5.41) is 7.26. The monoisotopic (exact) mass is 323 g/mol. The van der Waals surface area contributed by atoms with Gasteiger partial charge < -0.3 is 15.1 Å². The molecule has 23 heavy (non-hydrogen) atoms. The van der Waals surface area contributed by atoms with Gasteiger partial charge in [-0.15, -0.1) is 0 Å². The fourth-order valence-corrected chi connectivity index (χ4v) is 2.10. The average molecular weight is 323 g/mol. The minimum Gasteiger partial charge on any atom is -0.331 e. The molecular formula is C16H29N5O2. The van der Waals surface area contributed by atoms with Crippen molar-refractivity contribution in [1.29, 1.82) is 0 Å². The number of hydrogen-bond donors (Lipinski definition) is 1. The van der Waals surface area contributed by atoms with E-state index in [2.05, 4.69) is 31.2 Å². The van der Waals surface area contributed by atoms with Crippen LogP contribution in [0, 0.1) is 0 Å². The molecule has 0 atom stereocenters. The lowest BCUT2D eigenvalue weighted by atomic mass is 9.92. The summed E-state index contributed by atoms with van der Waals surface area (Å²) in [5.74, 6) is 0.408. The van der Waals surface area contributed by atoms with Crippen molar-refractivity contribution in [2.45, 2.75) is 39.5 Å². The van der Waals surface area contributed by atoms with Crippen LogP contribution in [0.25, 0.3) is 0 Å². The number of carbonyl (C=O) groups excluding carboxylic acids is 2. The molecule has 1 heterocycles. The zero-order valence-electron chi connectivity index (χ0n) is 15.3. The number of nitrogens with zero attached hydrogens (tertiary/aromatic N) is 4. The molecule has 0 bridgehead atoms. The number of rotatable bonds is 5. The number of anilines is 1. The highest BCUT2D eigenvalue weighted by Gasteiger charge is 2.21. The van der Waals surface area contributed by atoms with Crippen LogP contribution in [0.15, 0.2) is 6.07 Å². The van der Waals surface area contributed by atoms with Gasteiger partial charge in [0.05, 0.1) is 5.69 Å². The van der Waals surface area contributed by atoms with Gasteiger partial charge in [0, 0.05) is 39.2 Å². The number of aromatic nitrogens is 2. The van der Waals surface area contributed by atoms with Crippen LogP contribution in [0.1, 0.15) is 39.8 Å². The lowest BCUT2D eigenvalue weighted by molar-refractivity contribution is -0.116. The molecule has 0 aliphatic heterocycles. The van der Waals surface area contributed by atoms with Crippen molar-refractivity contribution < 1.29 is 9.59 Å².